The number of rotatable bonds is 5. The fraction of sp³-hybridized carbons (Fsp3) is 0.190. The minimum absolute atomic E-state index is 0.223. The molecule has 3 rings (SSSR count). The Morgan fingerprint density at radius 3 is 2.31 bits per heavy atom. The maximum absolute atomic E-state index is 12.4. The molecule has 5 nitrogen and oxygen atoms in total. The molecule has 26 heavy (non-hydrogen) atoms. The van der Waals surface area contributed by atoms with Gasteiger partial charge in [0.2, 0.25) is 5.95 Å². The Balaban J connectivity index is 1.76. The van der Waals surface area contributed by atoms with Crippen LogP contribution in [0.2, 0.25) is 0 Å². The van der Waals surface area contributed by atoms with Gasteiger partial charge in [-0.25, -0.2) is 9.97 Å². The predicted molar refractivity (Wildman–Crippen MR) is 105 cm³/mol. The smallest absolute Gasteiger partial charge is 0.258 e. The number of benzene rings is 2. The first-order valence-corrected chi connectivity index (χ1v) is 8.61. The topological polar surface area (TPSA) is 58.1 Å². The second kappa shape index (κ2) is 7.78. The van der Waals surface area contributed by atoms with Crippen molar-refractivity contribution in [2.75, 3.05) is 16.8 Å². The molecule has 0 unspecified atom stereocenters. The largest absolute Gasteiger partial charge is 0.322 e. The summed E-state index contributed by atoms with van der Waals surface area (Å²) in [7, 11) is 0. The third-order valence-corrected chi connectivity index (χ3v) is 4.08. The van der Waals surface area contributed by atoms with Crippen molar-refractivity contribution in [2.24, 2.45) is 0 Å². The quantitative estimate of drug-likeness (QED) is 0.739. The van der Waals surface area contributed by atoms with Gasteiger partial charge in [0.15, 0.2) is 0 Å². The van der Waals surface area contributed by atoms with E-state index < -0.39 is 0 Å². The first-order valence-electron chi connectivity index (χ1n) is 8.61. The molecule has 0 saturated heterocycles. The molecule has 1 amide bonds. The highest BCUT2D eigenvalue weighted by Crippen LogP contribution is 2.22. The van der Waals surface area contributed by atoms with E-state index in [2.05, 4.69) is 34.3 Å². The summed E-state index contributed by atoms with van der Waals surface area (Å²) in [6.45, 7) is 6.84. The molecular formula is C21H22N4O. The number of hydrogen-bond acceptors (Lipinski definition) is 4. The van der Waals surface area contributed by atoms with Gasteiger partial charge in [-0.1, -0.05) is 29.8 Å². The van der Waals surface area contributed by atoms with Crippen molar-refractivity contribution in [1.82, 2.24) is 9.97 Å². The lowest BCUT2D eigenvalue weighted by atomic mass is 10.2. The molecule has 1 aromatic heterocycles. The lowest BCUT2D eigenvalue weighted by molar-refractivity contribution is 0.102. The SMILES string of the molecule is CCN(c1cccc(C)c1)c1ncc(C(=O)Nc2ccc(C)cc2)cn1. The summed E-state index contributed by atoms with van der Waals surface area (Å²) < 4.78 is 0. The molecule has 0 atom stereocenters. The second-order valence-corrected chi connectivity index (χ2v) is 6.18. The molecule has 5 heteroatoms. The van der Waals surface area contributed by atoms with Crippen LogP contribution in [0.25, 0.3) is 0 Å². The zero-order valence-corrected chi connectivity index (χ0v) is 15.2. The van der Waals surface area contributed by atoms with Crippen LogP contribution >= 0.6 is 0 Å². The summed E-state index contributed by atoms with van der Waals surface area (Å²) in [5.41, 5.74) is 4.53. The number of hydrogen-bond donors (Lipinski definition) is 1. The fourth-order valence-electron chi connectivity index (χ4n) is 2.65. The van der Waals surface area contributed by atoms with Crippen LogP contribution in [-0.2, 0) is 0 Å². The number of anilines is 3. The molecular weight excluding hydrogens is 324 g/mol. The molecule has 0 aliphatic carbocycles. The van der Waals surface area contributed by atoms with E-state index in [-0.39, 0.29) is 5.91 Å². The van der Waals surface area contributed by atoms with Gasteiger partial charge in [-0.15, -0.1) is 0 Å². The Labute approximate surface area is 153 Å². The highest BCUT2D eigenvalue weighted by Gasteiger charge is 2.13. The van der Waals surface area contributed by atoms with Gasteiger partial charge in [0.05, 0.1) is 5.56 Å². The van der Waals surface area contributed by atoms with Gasteiger partial charge in [0.25, 0.3) is 5.91 Å². The first kappa shape index (κ1) is 17.6. The molecule has 1 heterocycles. The number of nitrogens with zero attached hydrogens (tertiary/aromatic N) is 3. The van der Waals surface area contributed by atoms with E-state index in [9.17, 15) is 4.79 Å². The van der Waals surface area contributed by atoms with Crippen molar-refractivity contribution in [3.05, 3.63) is 77.6 Å². The molecule has 0 aliphatic rings. The average molecular weight is 346 g/mol. The molecule has 0 saturated carbocycles. The van der Waals surface area contributed by atoms with Crippen LogP contribution in [-0.4, -0.2) is 22.4 Å². The fourth-order valence-corrected chi connectivity index (χ4v) is 2.65. The highest BCUT2D eigenvalue weighted by atomic mass is 16.1. The number of nitrogens with one attached hydrogen (secondary N) is 1. The zero-order chi connectivity index (χ0) is 18.5. The maximum atomic E-state index is 12.4. The number of aryl methyl sites for hydroxylation is 2. The summed E-state index contributed by atoms with van der Waals surface area (Å²) in [4.78, 5) is 23.1. The van der Waals surface area contributed by atoms with Gasteiger partial charge in [0, 0.05) is 30.3 Å². The van der Waals surface area contributed by atoms with Crippen molar-refractivity contribution in [3.8, 4) is 0 Å². The number of amides is 1. The molecule has 3 aromatic rings. The molecule has 1 N–H and O–H groups in total. The van der Waals surface area contributed by atoms with Crippen LogP contribution in [0, 0.1) is 13.8 Å². The normalized spacial score (nSPS) is 10.4. The summed E-state index contributed by atoms with van der Waals surface area (Å²) in [6.07, 6.45) is 3.12. The molecule has 0 radical (unpaired) electrons. The lowest BCUT2D eigenvalue weighted by Gasteiger charge is -2.21. The van der Waals surface area contributed by atoms with Gasteiger partial charge in [-0.05, 0) is 50.6 Å². The van der Waals surface area contributed by atoms with Gasteiger partial charge in [0.1, 0.15) is 0 Å². The van der Waals surface area contributed by atoms with Gasteiger partial charge in [-0.3, -0.25) is 4.79 Å². The maximum Gasteiger partial charge on any atom is 0.258 e. The molecule has 0 bridgehead atoms. The van der Waals surface area contributed by atoms with Crippen LogP contribution in [0.3, 0.4) is 0 Å². The Hall–Kier alpha value is -3.21. The van der Waals surface area contributed by atoms with E-state index in [4.69, 9.17) is 0 Å². The monoisotopic (exact) mass is 346 g/mol. The molecule has 132 valence electrons. The van der Waals surface area contributed by atoms with Crippen molar-refractivity contribution < 1.29 is 4.79 Å². The van der Waals surface area contributed by atoms with Crippen LogP contribution in [0.15, 0.2) is 60.9 Å². The van der Waals surface area contributed by atoms with Crippen LogP contribution in [0.5, 0.6) is 0 Å². The van der Waals surface area contributed by atoms with E-state index in [0.29, 0.717) is 11.5 Å². The standard InChI is InChI=1S/C21H22N4O/c1-4-25(19-7-5-6-16(3)12-19)21-22-13-17(14-23-21)20(26)24-18-10-8-15(2)9-11-18/h5-14H,4H2,1-3H3,(H,24,26). The Morgan fingerprint density at radius 2 is 1.69 bits per heavy atom. The Bertz CT molecular complexity index is 889. The average Bonchev–Trinajstić information content (AvgIpc) is 2.65. The van der Waals surface area contributed by atoms with Gasteiger partial charge < -0.3 is 10.2 Å². The highest BCUT2D eigenvalue weighted by molar-refractivity contribution is 6.03. The third-order valence-electron chi connectivity index (χ3n) is 4.08. The van der Waals surface area contributed by atoms with Gasteiger partial charge >= 0.3 is 0 Å². The van der Waals surface area contributed by atoms with E-state index >= 15 is 0 Å². The van der Waals surface area contributed by atoms with E-state index in [1.807, 2.05) is 55.1 Å². The number of carbonyl (C=O) groups excluding carboxylic acids is 1. The van der Waals surface area contributed by atoms with Crippen LogP contribution in [0.1, 0.15) is 28.4 Å². The van der Waals surface area contributed by atoms with Crippen LogP contribution in [0.4, 0.5) is 17.3 Å². The predicted octanol–water partition coefficient (Wildman–Crippen LogP) is 4.50. The number of carbonyl (C=O) groups is 1. The Morgan fingerprint density at radius 1 is 1.00 bits per heavy atom. The van der Waals surface area contributed by atoms with E-state index in [0.717, 1.165) is 23.5 Å². The summed E-state index contributed by atoms with van der Waals surface area (Å²) in [6, 6.07) is 15.8. The van der Waals surface area contributed by atoms with Crippen molar-refractivity contribution in [2.45, 2.75) is 20.8 Å². The van der Waals surface area contributed by atoms with Crippen molar-refractivity contribution in [3.63, 3.8) is 0 Å². The minimum Gasteiger partial charge on any atom is -0.322 e. The lowest BCUT2D eigenvalue weighted by Crippen LogP contribution is -2.20. The summed E-state index contributed by atoms with van der Waals surface area (Å²) >= 11 is 0. The van der Waals surface area contributed by atoms with E-state index in [1.54, 1.807) is 12.4 Å². The Kier molecular flexibility index (Phi) is 5.27. The second-order valence-electron chi connectivity index (χ2n) is 6.18. The van der Waals surface area contributed by atoms with Crippen molar-refractivity contribution >= 4 is 23.2 Å². The molecule has 0 spiro atoms. The van der Waals surface area contributed by atoms with Gasteiger partial charge in [-0.2, -0.15) is 0 Å². The first-order chi connectivity index (χ1) is 12.6. The molecule has 0 fully saturated rings. The summed E-state index contributed by atoms with van der Waals surface area (Å²) in [5.74, 6) is 0.351. The summed E-state index contributed by atoms with van der Waals surface area (Å²) in [5, 5.41) is 2.85. The molecule has 0 aliphatic heterocycles. The zero-order valence-electron chi connectivity index (χ0n) is 15.2. The van der Waals surface area contributed by atoms with Crippen LogP contribution < -0.4 is 10.2 Å². The molecule has 2 aromatic carbocycles. The van der Waals surface area contributed by atoms with Crippen molar-refractivity contribution in [1.29, 1.82) is 0 Å². The third kappa shape index (κ3) is 4.06. The minimum atomic E-state index is -0.223. The van der Waals surface area contributed by atoms with E-state index in [1.165, 1.54) is 5.56 Å². The number of aromatic nitrogens is 2.